The summed E-state index contributed by atoms with van der Waals surface area (Å²) in [7, 11) is 1.39. The van der Waals surface area contributed by atoms with Crippen LogP contribution in [0.15, 0.2) is 36.4 Å². The highest BCUT2D eigenvalue weighted by Crippen LogP contribution is 2.40. The van der Waals surface area contributed by atoms with Gasteiger partial charge in [-0.25, -0.2) is 0 Å². The molecule has 1 saturated carbocycles. The minimum Gasteiger partial charge on any atom is -0.469 e. The number of methoxy groups -OCH3 is 1. The number of esters is 1. The van der Waals surface area contributed by atoms with Crippen molar-refractivity contribution in [3.63, 3.8) is 0 Å². The second-order valence-corrected chi connectivity index (χ2v) is 8.44. The second kappa shape index (κ2) is 12.0. The highest BCUT2D eigenvalue weighted by molar-refractivity contribution is 5.89. The molecule has 2 N–H and O–H groups in total. The predicted molar refractivity (Wildman–Crippen MR) is 117 cm³/mol. The van der Waals surface area contributed by atoms with Crippen molar-refractivity contribution in [1.82, 2.24) is 0 Å². The third-order valence-electron chi connectivity index (χ3n) is 6.00. The molecule has 0 unspecified atom stereocenters. The van der Waals surface area contributed by atoms with Crippen LogP contribution >= 0.6 is 0 Å². The van der Waals surface area contributed by atoms with Gasteiger partial charge in [0.2, 0.25) is 0 Å². The van der Waals surface area contributed by atoms with Crippen LogP contribution in [0, 0.1) is 5.41 Å². The summed E-state index contributed by atoms with van der Waals surface area (Å²) < 4.78 is 4.71. The number of carbonyl (C=O) groups is 2. The zero-order chi connectivity index (χ0) is 22.0. The number of allylic oxidation sites excluding steroid dienone is 1. The topological polar surface area (TPSA) is 83.8 Å². The summed E-state index contributed by atoms with van der Waals surface area (Å²) in [6.45, 7) is 2.12. The second-order valence-electron chi connectivity index (χ2n) is 8.44. The van der Waals surface area contributed by atoms with Crippen molar-refractivity contribution >= 4 is 11.8 Å². The van der Waals surface area contributed by atoms with E-state index in [-0.39, 0.29) is 18.2 Å². The number of Topliss-reactive ketones (excluding diaryl/α,β-unsaturated/α-hetero) is 1. The van der Waals surface area contributed by atoms with Crippen LogP contribution in [0.3, 0.4) is 0 Å². The molecule has 0 spiro atoms. The van der Waals surface area contributed by atoms with Crippen LogP contribution in [0.5, 0.6) is 0 Å². The monoisotopic (exact) mass is 416 g/mol. The summed E-state index contributed by atoms with van der Waals surface area (Å²) in [6.07, 6.45) is 8.95. The maximum Gasteiger partial charge on any atom is 0.305 e. The molecule has 5 nitrogen and oxygen atoms in total. The minimum absolute atomic E-state index is 0.0244. The molecule has 1 aromatic carbocycles. The van der Waals surface area contributed by atoms with Crippen molar-refractivity contribution in [3.05, 3.63) is 47.5 Å². The molecule has 1 fully saturated rings. The average Bonchev–Trinajstić information content (AvgIpc) is 3.00. The molecule has 30 heavy (non-hydrogen) atoms. The first-order valence-electron chi connectivity index (χ1n) is 11.1. The number of unbranched alkanes of at least 4 members (excludes halogenated alkanes) is 2. The van der Waals surface area contributed by atoms with E-state index in [1.807, 2.05) is 30.3 Å². The van der Waals surface area contributed by atoms with E-state index in [0.717, 1.165) is 36.8 Å². The SMILES string of the molecule is CCCCC[C@H](O)/C=C/[C@@]1(Cc2ccccc2CCCC(=O)OC)C[C@@H](O)CC1=O. The van der Waals surface area contributed by atoms with Crippen LogP contribution in [0.4, 0.5) is 0 Å². The van der Waals surface area contributed by atoms with Crippen LogP contribution in [0.1, 0.15) is 69.4 Å². The number of benzene rings is 1. The third kappa shape index (κ3) is 7.06. The molecule has 0 heterocycles. The number of carbonyl (C=O) groups excluding carboxylic acids is 2. The molecule has 0 aliphatic heterocycles. The van der Waals surface area contributed by atoms with Gasteiger partial charge in [0.1, 0.15) is 5.78 Å². The summed E-state index contributed by atoms with van der Waals surface area (Å²) in [4.78, 5) is 24.3. The van der Waals surface area contributed by atoms with Gasteiger partial charge in [-0.3, -0.25) is 9.59 Å². The van der Waals surface area contributed by atoms with Gasteiger partial charge in [0.05, 0.1) is 24.7 Å². The number of aliphatic hydroxyl groups is 2. The van der Waals surface area contributed by atoms with Gasteiger partial charge < -0.3 is 14.9 Å². The number of hydrogen-bond acceptors (Lipinski definition) is 5. The Balaban J connectivity index is 2.16. The van der Waals surface area contributed by atoms with Crippen LogP contribution in [0.25, 0.3) is 0 Å². The van der Waals surface area contributed by atoms with Crippen molar-refractivity contribution in [2.24, 2.45) is 5.41 Å². The Kier molecular flexibility index (Phi) is 9.73. The molecule has 166 valence electrons. The fraction of sp³-hybridized carbons (Fsp3) is 0.600. The van der Waals surface area contributed by atoms with Gasteiger partial charge in [-0.1, -0.05) is 62.6 Å². The predicted octanol–water partition coefficient (Wildman–Crippen LogP) is 3.93. The zero-order valence-corrected chi connectivity index (χ0v) is 18.3. The number of aliphatic hydroxyl groups excluding tert-OH is 2. The maximum atomic E-state index is 12.9. The summed E-state index contributed by atoms with van der Waals surface area (Å²) in [5, 5.41) is 20.5. The quantitative estimate of drug-likeness (QED) is 0.306. The molecule has 0 saturated heterocycles. The van der Waals surface area contributed by atoms with Gasteiger partial charge in [-0.15, -0.1) is 0 Å². The van der Waals surface area contributed by atoms with Crippen LogP contribution in [-0.2, 0) is 27.2 Å². The lowest BCUT2D eigenvalue weighted by Crippen LogP contribution is -2.27. The Hall–Kier alpha value is -1.98. The Labute approximate surface area is 180 Å². The summed E-state index contributed by atoms with van der Waals surface area (Å²) in [5.74, 6) is -0.200. The van der Waals surface area contributed by atoms with Gasteiger partial charge in [-0.2, -0.15) is 0 Å². The number of hydrogen-bond donors (Lipinski definition) is 2. The van der Waals surface area contributed by atoms with Gasteiger partial charge in [-0.05, 0) is 43.2 Å². The molecule has 2 rings (SSSR count). The minimum atomic E-state index is -0.788. The smallest absolute Gasteiger partial charge is 0.305 e. The lowest BCUT2D eigenvalue weighted by atomic mass is 9.77. The standard InChI is InChI=1S/C25H36O5/c1-3-4-5-12-21(26)14-15-25(18-22(27)16-23(25)28)17-20-10-7-6-9-19(20)11-8-13-24(29)30-2/h6-7,9-10,14-15,21-22,26-27H,3-5,8,11-13,16-18H2,1-2H3/b15-14+/t21-,22-,25+/m0/s1. The van der Waals surface area contributed by atoms with Crippen molar-refractivity contribution < 1.29 is 24.5 Å². The fourth-order valence-corrected chi connectivity index (χ4v) is 4.25. The lowest BCUT2D eigenvalue weighted by Gasteiger charge is -2.26. The third-order valence-corrected chi connectivity index (χ3v) is 6.00. The van der Waals surface area contributed by atoms with E-state index in [9.17, 15) is 19.8 Å². The number of rotatable bonds is 12. The number of aryl methyl sites for hydroxylation is 1. The summed E-state index contributed by atoms with van der Waals surface area (Å²) in [6, 6.07) is 7.95. The van der Waals surface area contributed by atoms with Crippen LogP contribution < -0.4 is 0 Å². The highest BCUT2D eigenvalue weighted by atomic mass is 16.5. The Morgan fingerprint density at radius 3 is 2.63 bits per heavy atom. The molecule has 1 aliphatic carbocycles. The molecular weight excluding hydrogens is 380 g/mol. The molecule has 1 aliphatic rings. The first kappa shape index (κ1) is 24.3. The van der Waals surface area contributed by atoms with Crippen LogP contribution in [-0.4, -0.2) is 41.3 Å². The van der Waals surface area contributed by atoms with Gasteiger partial charge in [0.25, 0.3) is 0 Å². The van der Waals surface area contributed by atoms with Gasteiger partial charge in [0, 0.05) is 12.8 Å². The van der Waals surface area contributed by atoms with E-state index in [1.165, 1.54) is 7.11 Å². The highest BCUT2D eigenvalue weighted by Gasteiger charge is 2.44. The maximum absolute atomic E-state index is 12.9. The van der Waals surface area contributed by atoms with E-state index in [2.05, 4.69) is 6.92 Å². The average molecular weight is 417 g/mol. The van der Waals surface area contributed by atoms with E-state index in [0.29, 0.717) is 32.1 Å². The largest absolute Gasteiger partial charge is 0.469 e. The molecule has 1 aromatic rings. The first-order chi connectivity index (χ1) is 14.4. The molecule has 0 aromatic heterocycles. The van der Waals surface area contributed by atoms with Crippen molar-refractivity contribution in [3.8, 4) is 0 Å². The van der Waals surface area contributed by atoms with E-state index < -0.39 is 17.6 Å². The molecule has 0 bridgehead atoms. The van der Waals surface area contributed by atoms with Crippen molar-refractivity contribution in [2.45, 2.75) is 83.3 Å². The molecule has 5 heteroatoms. The number of ketones is 1. The van der Waals surface area contributed by atoms with Gasteiger partial charge >= 0.3 is 5.97 Å². The Bertz CT molecular complexity index is 726. The van der Waals surface area contributed by atoms with Crippen LogP contribution in [0.2, 0.25) is 0 Å². The van der Waals surface area contributed by atoms with E-state index in [4.69, 9.17) is 4.74 Å². The summed E-state index contributed by atoms with van der Waals surface area (Å²) >= 11 is 0. The molecule has 0 radical (unpaired) electrons. The lowest BCUT2D eigenvalue weighted by molar-refractivity contribution is -0.140. The van der Waals surface area contributed by atoms with Crippen molar-refractivity contribution in [2.75, 3.05) is 7.11 Å². The van der Waals surface area contributed by atoms with E-state index >= 15 is 0 Å². The van der Waals surface area contributed by atoms with Gasteiger partial charge in [0.15, 0.2) is 0 Å². The zero-order valence-electron chi connectivity index (χ0n) is 18.3. The Morgan fingerprint density at radius 1 is 1.27 bits per heavy atom. The fourth-order valence-electron chi connectivity index (χ4n) is 4.25. The first-order valence-corrected chi connectivity index (χ1v) is 11.1. The molecular formula is C25H36O5. The summed E-state index contributed by atoms with van der Waals surface area (Å²) in [5.41, 5.74) is 1.37. The normalized spacial score (nSPS) is 22.5. The van der Waals surface area contributed by atoms with E-state index in [1.54, 1.807) is 6.08 Å². The van der Waals surface area contributed by atoms with Crippen molar-refractivity contribution in [1.29, 1.82) is 0 Å². The Morgan fingerprint density at radius 2 is 2.00 bits per heavy atom. The molecule has 3 atom stereocenters. The molecule has 0 amide bonds. The number of ether oxygens (including phenoxy) is 1.